The lowest BCUT2D eigenvalue weighted by molar-refractivity contribution is 0.415. The molecule has 19 heavy (non-hydrogen) atoms. The molecule has 2 rings (SSSR count). The topological polar surface area (TPSA) is 51.4 Å². The van der Waals surface area contributed by atoms with Gasteiger partial charge in [0, 0.05) is 18.8 Å². The van der Waals surface area contributed by atoms with Crippen LogP contribution in [-0.2, 0) is 0 Å². The average Bonchev–Trinajstić information content (AvgIpc) is 2.46. The highest BCUT2D eigenvalue weighted by Gasteiger charge is 2.06. The normalized spacial score (nSPS) is 12.0. The van der Waals surface area contributed by atoms with Crippen molar-refractivity contribution in [1.29, 1.82) is 0 Å². The zero-order chi connectivity index (χ0) is 13.8. The molecule has 0 bridgehead atoms. The van der Waals surface area contributed by atoms with Gasteiger partial charge in [0.2, 0.25) is 0 Å². The molecular weight excluding hydrogens is 238 g/mol. The van der Waals surface area contributed by atoms with Crippen LogP contribution in [0.2, 0.25) is 0 Å². The summed E-state index contributed by atoms with van der Waals surface area (Å²) in [6.45, 7) is 1.93. The van der Waals surface area contributed by atoms with E-state index in [4.69, 9.17) is 10.5 Å². The minimum absolute atomic E-state index is 0.0413. The number of anilines is 2. The number of aromatic nitrogens is 1. The van der Waals surface area contributed by atoms with Crippen LogP contribution >= 0.6 is 0 Å². The highest BCUT2D eigenvalue weighted by Crippen LogP contribution is 2.25. The van der Waals surface area contributed by atoms with Crippen LogP contribution in [0.3, 0.4) is 0 Å². The standard InChI is InChI=1S/C15H19N3O/c1-11(16)15-9-6-13(10-17-15)18(2)12-4-7-14(19-3)8-5-12/h4-11H,16H2,1-3H3/t11-/m1/s1. The monoisotopic (exact) mass is 257 g/mol. The lowest BCUT2D eigenvalue weighted by Crippen LogP contribution is -2.11. The molecule has 0 aliphatic heterocycles. The van der Waals surface area contributed by atoms with Crippen molar-refractivity contribution in [2.45, 2.75) is 13.0 Å². The van der Waals surface area contributed by atoms with Gasteiger partial charge in [0.25, 0.3) is 0 Å². The molecule has 0 amide bonds. The van der Waals surface area contributed by atoms with E-state index in [1.54, 1.807) is 7.11 Å². The Balaban J connectivity index is 2.20. The summed E-state index contributed by atoms with van der Waals surface area (Å²) < 4.78 is 5.15. The molecule has 0 spiro atoms. The first-order chi connectivity index (χ1) is 9.11. The van der Waals surface area contributed by atoms with Crippen LogP contribution in [0.15, 0.2) is 42.6 Å². The van der Waals surface area contributed by atoms with Crippen molar-refractivity contribution < 1.29 is 4.74 Å². The molecule has 0 aliphatic carbocycles. The van der Waals surface area contributed by atoms with E-state index in [2.05, 4.69) is 9.88 Å². The molecule has 0 radical (unpaired) electrons. The van der Waals surface area contributed by atoms with Crippen molar-refractivity contribution in [2.75, 3.05) is 19.1 Å². The van der Waals surface area contributed by atoms with Gasteiger partial charge in [-0.05, 0) is 43.3 Å². The Kier molecular flexibility index (Phi) is 4.02. The number of hydrogen-bond donors (Lipinski definition) is 1. The Morgan fingerprint density at radius 1 is 1.11 bits per heavy atom. The number of pyridine rings is 1. The molecule has 4 heteroatoms. The van der Waals surface area contributed by atoms with Crippen molar-refractivity contribution >= 4 is 11.4 Å². The van der Waals surface area contributed by atoms with Crippen molar-refractivity contribution in [3.63, 3.8) is 0 Å². The Hall–Kier alpha value is -2.07. The second kappa shape index (κ2) is 5.71. The van der Waals surface area contributed by atoms with Crippen LogP contribution in [0, 0.1) is 0 Å². The van der Waals surface area contributed by atoms with Gasteiger partial charge >= 0.3 is 0 Å². The van der Waals surface area contributed by atoms with Crippen molar-refractivity contribution in [2.24, 2.45) is 5.73 Å². The Morgan fingerprint density at radius 3 is 2.21 bits per heavy atom. The van der Waals surface area contributed by atoms with Gasteiger partial charge in [-0.15, -0.1) is 0 Å². The molecular formula is C15H19N3O. The van der Waals surface area contributed by atoms with E-state index in [1.807, 2.05) is 56.6 Å². The van der Waals surface area contributed by atoms with Crippen molar-refractivity contribution in [3.05, 3.63) is 48.3 Å². The lowest BCUT2D eigenvalue weighted by atomic mass is 10.2. The summed E-state index contributed by atoms with van der Waals surface area (Å²) in [4.78, 5) is 6.43. The maximum atomic E-state index is 5.79. The molecule has 1 heterocycles. The summed E-state index contributed by atoms with van der Waals surface area (Å²) >= 11 is 0. The third-order valence-corrected chi connectivity index (χ3v) is 3.08. The lowest BCUT2D eigenvalue weighted by Gasteiger charge is -2.20. The van der Waals surface area contributed by atoms with Gasteiger partial charge in [-0.3, -0.25) is 4.98 Å². The second-order valence-electron chi connectivity index (χ2n) is 4.49. The maximum absolute atomic E-state index is 5.79. The molecule has 1 aromatic heterocycles. The highest BCUT2D eigenvalue weighted by atomic mass is 16.5. The van der Waals surface area contributed by atoms with E-state index in [9.17, 15) is 0 Å². The minimum Gasteiger partial charge on any atom is -0.497 e. The fraction of sp³-hybridized carbons (Fsp3) is 0.267. The molecule has 1 aromatic carbocycles. The van der Waals surface area contributed by atoms with Gasteiger partial charge in [0.15, 0.2) is 0 Å². The quantitative estimate of drug-likeness (QED) is 0.915. The zero-order valence-electron chi connectivity index (χ0n) is 11.5. The van der Waals surface area contributed by atoms with E-state index in [-0.39, 0.29) is 6.04 Å². The van der Waals surface area contributed by atoms with Crippen LogP contribution in [0.1, 0.15) is 18.7 Å². The number of hydrogen-bond acceptors (Lipinski definition) is 4. The molecule has 0 saturated heterocycles. The zero-order valence-corrected chi connectivity index (χ0v) is 11.5. The predicted octanol–water partition coefficient (Wildman–Crippen LogP) is 2.88. The first-order valence-corrected chi connectivity index (χ1v) is 6.21. The van der Waals surface area contributed by atoms with E-state index < -0.39 is 0 Å². The van der Waals surface area contributed by atoms with E-state index in [0.717, 1.165) is 22.8 Å². The Labute approximate surface area is 113 Å². The SMILES string of the molecule is COc1ccc(N(C)c2ccc([C@@H](C)N)nc2)cc1. The van der Waals surface area contributed by atoms with Gasteiger partial charge < -0.3 is 15.4 Å². The number of benzene rings is 1. The summed E-state index contributed by atoms with van der Waals surface area (Å²) in [6.07, 6.45) is 1.84. The average molecular weight is 257 g/mol. The first-order valence-electron chi connectivity index (χ1n) is 6.21. The third-order valence-electron chi connectivity index (χ3n) is 3.08. The summed E-state index contributed by atoms with van der Waals surface area (Å²) in [5.74, 6) is 0.850. The van der Waals surface area contributed by atoms with Crippen LogP contribution in [0.25, 0.3) is 0 Å². The van der Waals surface area contributed by atoms with Crippen LogP contribution in [0.5, 0.6) is 5.75 Å². The molecule has 0 unspecified atom stereocenters. The summed E-state index contributed by atoms with van der Waals surface area (Å²) in [5.41, 5.74) is 8.79. The van der Waals surface area contributed by atoms with Gasteiger partial charge in [0.1, 0.15) is 5.75 Å². The fourth-order valence-corrected chi connectivity index (χ4v) is 1.82. The molecule has 100 valence electrons. The van der Waals surface area contributed by atoms with Crippen molar-refractivity contribution in [3.8, 4) is 5.75 Å². The molecule has 0 saturated carbocycles. The van der Waals surface area contributed by atoms with Crippen LogP contribution < -0.4 is 15.4 Å². The predicted molar refractivity (Wildman–Crippen MR) is 77.9 cm³/mol. The smallest absolute Gasteiger partial charge is 0.119 e. The Bertz CT molecular complexity index is 520. The summed E-state index contributed by atoms with van der Waals surface area (Å²) in [5, 5.41) is 0. The molecule has 2 N–H and O–H groups in total. The van der Waals surface area contributed by atoms with Crippen LogP contribution in [-0.4, -0.2) is 19.1 Å². The van der Waals surface area contributed by atoms with E-state index >= 15 is 0 Å². The minimum atomic E-state index is -0.0413. The van der Waals surface area contributed by atoms with Gasteiger partial charge in [-0.1, -0.05) is 0 Å². The van der Waals surface area contributed by atoms with Gasteiger partial charge in [-0.25, -0.2) is 0 Å². The molecule has 1 atom stereocenters. The molecule has 0 aliphatic rings. The van der Waals surface area contributed by atoms with Gasteiger partial charge in [-0.2, -0.15) is 0 Å². The highest BCUT2D eigenvalue weighted by molar-refractivity contribution is 5.62. The van der Waals surface area contributed by atoms with E-state index in [0.29, 0.717) is 0 Å². The molecule has 0 fully saturated rings. The number of ether oxygens (including phenoxy) is 1. The van der Waals surface area contributed by atoms with E-state index in [1.165, 1.54) is 0 Å². The maximum Gasteiger partial charge on any atom is 0.119 e. The van der Waals surface area contributed by atoms with Gasteiger partial charge in [0.05, 0.1) is 24.7 Å². The number of nitrogens with zero attached hydrogens (tertiary/aromatic N) is 2. The summed E-state index contributed by atoms with van der Waals surface area (Å²) in [7, 11) is 3.67. The number of nitrogens with two attached hydrogens (primary N) is 1. The fourth-order valence-electron chi connectivity index (χ4n) is 1.82. The number of rotatable bonds is 4. The first kappa shape index (κ1) is 13.4. The molecule has 4 nitrogen and oxygen atoms in total. The summed E-state index contributed by atoms with van der Waals surface area (Å²) in [6, 6.07) is 11.8. The third kappa shape index (κ3) is 3.03. The number of methoxy groups -OCH3 is 1. The largest absolute Gasteiger partial charge is 0.497 e. The van der Waals surface area contributed by atoms with Crippen molar-refractivity contribution in [1.82, 2.24) is 4.98 Å². The molecule has 2 aromatic rings. The second-order valence-corrected chi connectivity index (χ2v) is 4.49. The van der Waals surface area contributed by atoms with Crippen LogP contribution in [0.4, 0.5) is 11.4 Å². The Morgan fingerprint density at radius 2 is 1.74 bits per heavy atom.